The van der Waals surface area contributed by atoms with Crippen LogP contribution in [0.15, 0.2) is 35.2 Å². The molecule has 3 amide bonds. The number of hydrogen-bond acceptors (Lipinski definition) is 5. The lowest BCUT2D eigenvalue weighted by Crippen LogP contribution is -2.46. The standard InChI is InChI=1S/C17H23N5O3/c1-11(14(23)18-10-13-6-5-7-25-13)21-16(24)22-12-8-19-15(20-9-12)17(2,3)4/h5-9,11H,10H2,1-4H3,(H,18,23)(H2,21,22,24)/t11-/m1/s1. The molecule has 0 aliphatic rings. The molecule has 3 N–H and O–H groups in total. The molecule has 0 spiro atoms. The van der Waals surface area contributed by atoms with Crippen LogP contribution in [0.2, 0.25) is 0 Å². The largest absolute Gasteiger partial charge is 0.467 e. The second-order valence-electron chi connectivity index (χ2n) is 6.66. The van der Waals surface area contributed by atoms with Crippen molar-refractivity contribution in [2.45, 2.75) is 45.7 Å². The predicted octanol–water partition coefficient (Wildman–Crippen LogP) is 2.19. The van der Waals surface area contributed by atoms with Gasteiger partial charge in [0, 0.05) is 5.41 Å². The quantitative estimate of drug-likeness (QED) is 0.769. The summed E-state index contributed by atoms with van der Waals surface area (Å²) in [6, 6.07) is 2.29. The van der Waals surface area contributed by atoms with Crippen LogP contribution >= 0.6 is 0 Å². The Morgan fingerprint density at radius 1 is 1.24 bits per heavy atom. The Balaban J connectivity index is 1.81. The normalized spacial score (nSPS) is 12.3. The minimum absolute atomic E-state index is 0.165. The molecule has 8 nitrogen and oxygen atoms in total. The summed E-state index contributed by atoms with van der Waals surface area (Å²) in [5.74, 6) is 1.01. The SMILES string of the molecule is C[C@@H](NC(=O)Nc1cnc(C(C)(C)C)nc1)C(=O)NCc1ccco1. The summed E-state index contributed by atoms with van der Waals surface area (Å²) in [4.78, 5) is 32.4. The molecule has 0 aromatic carbocycles. The maximum absolute atomic E-state index is 12.0. The molecule has 0 fully saturated rings. The average molecular weight is 345 g/mol. The van der Waals surface area contributed by atoms with Crippen molar-refractivity contribution >= 4 is 17.6 Å². The molecule has 0 saturated carbocycles. The first-order chi connectivity index (χ1) is 11.8. The molecule has 0 saturated heterocycles. The fourth-order valence-electron chi connectivity index (χ4n) is 1.95. The molecular weight excluding hydrogens is 322 g/mol. The first kappa shape index (κ1) is 18.4. The first-order valence-electron chi connectivity index (χ1n) is 7.96. The number of urea groups is 1. The van der Waals surface area contributed by atoms with E-state index in [1.54, 1.807) is 19.1 Å². The zero-order valence-electron chi connectivity index (χ0n) is 14.8. The highest BCUT2D eigenvalue weighted by Gasteiger charge is 2.18. The zero-order chi connectivity index (χ0) is 18.4. The third kappa shape index (κ3) is 5.59. The Morgan fingerprint density at radius 3 is 2.48 bits per heavy atom. The maximum Gasteiger partial charge on any atom is 0.319 e. The van der Waals surface area contributed by atoms with Crippen LogP contribution in [0, 0.1) is 0 Å². The van der Waals surface area contributed by atoms with Gasteiger partial charge in [-0.1, -0.05) is 20.8 Å². The summed E-state index contributed by atoms with van der Waals surface area (Å²) < 4.78 is 5.13. The summed E-state index contributed by atoms with van der Waals surface area (Å²) in [6.07, 6.45) is 4.60. The van der Waals surface area contributed by atoms with Gasteiger partial charge in [0.1, 0.15) is 17.6 Å². The average Bonchev–Trinajstić information content (AvgIpc) is 3.05. The molecule has 0 unspecified atom stereocenters. The van der Waals surface area contributed by atoms with Crippen LogP contribution in [-0.4, -0.2) is 27.9 Å². The number of carbonyl (C=O) groups excluding carboxylic acids is 2. The maximum atomic E-state index is 12.0. The van der Waals surface area contributed by atoms with Crippen LogP contribution in [0.5, 0.6) is 0 Å². The Kier molecular flexibility index (Phi) is 5.74. The number of nitrogens with one attached hydrogen (secondary N) is 3. The van der Waals surface area contributed by atoms with Crippen LogP contribution in [0.25, 0.3) is 0 Å². The van der Waals surface area contributed by atoms with Crippen LogP contribution in [0.3, 0.4) is 0 Å². The van der Waals surface area contributed by atoms with Crippen molar-refractivity contribution in [3.05, 3.63) is 42.4 Å². The van der Waals surface area contributed by atoms with Gasteiger partial charge >= 0.3 is 6.03 Å². The van der Waals surface area contributed by atoms with Crippen molar-refractivity contribution in [1.82, 2.24) is 20.6 Å². The third-order valence-corrected chi connectivity index (χ3v) is 3.34. The molecule has 0 aliphatic heterocycles. The van der Waals surface area contributed by atoms with Gasteiger partial charge in [-0.2, -0.15) is 0 Å². The highest BCUT2D eigenvalue weighted by Crippen LogP contribution is 2.18. The van der Waals surface area contributed by atoms with E-state index < -0.39 is 12.1 Å². The van der Waals surface area contributed by atoms with E-state index in [9.17, 15) is 9.59 Å². The molecule has 8 heteroatoms. The lowest BCUT2D eigenvalue weighted by molar-refractivity contribution is -0.122. The van der Waals surface area contributed by atoms with Gasteiger partial charge in [-0.3, -0.25) is 4.79 Å². The Labute approximate surface area is 146 Å². The topological polar surface area (TPSA) is 109 Å². The van der Waals surface area contributed by atoms with Crippen LogP contribution < -0.4 is 16.0 Å². The summed E-state index contributed by atoms with van der Waals surface area (Å²) in [6.45, 7) is 7.87. The molecule has 0 aliphatic carbocycles. The summed E-state index contributed by atoms with van der Waals surface area (Å²) >= 11 is 0. The third-order valence-electron chi connectivity index (χ3n) is 3.34. The van der Waals surface area contributed by atoms with Gasteiger partial charge in [-0.05, 0) is 19.1 Å². The van der Waals surface area contributed by atoms with Crippen LogP contribution in [-0.2, 0) is 16.8 Å². The van der Waals surface area contributed by atoms with Gasteiger partial charge in [0.05, 0.1) is 30.9 Å². The number of carbonyl (C=O) groups is 2. The van der Waals surface area contributed by atoms with E-state index in [4.69, 9.17) is 4.42 Å². The molecule has 2 rings (SSSR count). The lowest BCUT2D eigenvalue weighted by Gasteiger charge is -2.17. The second-order valence-corrected chi connectivity index (χ2v) is 6.66. The minimum atomic E-state index is -0.704. The van der Waals surface area contributed by atoms with Gasteiger partial charge in [0.2, 0.25) is 5.91 Å². The van der Waals surface area contributed by atoms with Crippen molar-refractivity contribution < 1.29 is 14.0 Å². The molecule has 2 aromatic rings. The van der Waals surface area contributed by atoms with Crippen molar-refractivity contribution in [2.24, 2.45) is 0 Å². The number of nitrogens with zero attached hydrogens (tertiary/aromatic N) is 2. The predicted molar refractivity (Wildman–Crippen MR) is 92.9 cm³/mol. The fourth-order valence-corrected chi connectivity index (χ4v) is 1.95. The van der Waals surface area contributed by atoms with Gasteiger partial charge in [-0.15, -0.1) is 0 Å². The Hall–Kier alpha value is -2.90. The smallest absolute Gasteiger partial charge is 0.319 e. The van der Waals surface area contributed by atoms with E-state index in [-0.39, 0.29) is 17.9 Å². The van der Waals surface area contributed by atoms with Crippen molar-refractivity contribution in [3.8, 4) is 0 Å². The number of aromatic nitrogens is 2. The molecule has 1 atom stereocenters. The van der Waals surface area contributed by atoms with Gasteiger partial charge in [-0.25, -0.2) is 14.8 Å². The van der Waals surface area contributed by atoms with Crippen LogP contribution in [0.4, 0.5) is 10.5 Å². The summed E-state index contributed by atoms with van der Waals surface area (Å²) in [5, 5.41) is 7.84. The monoisotopic (exact) mass is 345 g/mol. The van der Waals surface area contributed by atoms with E-state index in [1.165, 1.54) is 18.7 Å². The fraction of sp³-hybridized carbons (Fsp3) is 0.412. The molecule has 0 radical (unpaired) electrons. The number of rotatable bonds is 5. The number of anilines is 1. The van der Waals surface area contributed by atoms with Gasteiger partial charge in [0.25, 0.3) is 0 Å². The first-order valence-corrected chi connectivity index (χ1v) is 7.96. The van der Waals surface area contributed by atoms with E-state index >= 15 is 0 Å². The zero-order valence-corrected chi connectivity index (χ0v) is 14.8. The lowest BCUT2D eigenvalue weighted by atomic mass is 9.96. The molecule has 2 heterocycles. The number of amides is 3. The van der Waals surface area contributed by atoms with E-state index in [0.717, 1.165) is 0 Å². The van der Waals surface area contributed by atoms with Crippen LogP contribution in [0.1, 0.15) is 39.3 Å². The second kappa shape index (κ2) is 7.78. The Morgan fingerprint density at radius 2 is 1.92 bits per heavy atom. The Bertz CT molecular complexity index is 705. The highest BCUT2D eigenvalue weighted by molar-refractivity contribution is 5.93. The van der Waals surface area contributed by atoms with Gasteiger partial charge in [0.15, 0.2) is 0 Å². The molecule has 25 heavy (non-hydrogen) atoms. The van der Waals surface area contributed by atoms with Crippen molar-refractivity contribution in [1.29, 1.82) is 0 Å². The van der Waals surface area contributed by atoms with E-state index in [0.29, 0.717) is 17.3 Å². The molecule has 134 valence electrons. The number of furan rings is 1. The van der Waals surface area contributed by atoms with Gasteiger partial charge < -0.3 is 20.4 Å². The molecule has 2 aromatic heterocycles. The molecule has 0 bridgehead atoms. The van der Waals surface area contributed by atoms with E-state index in [2.05, 4.69) is 25.9 Å². The van der Waals surface area contributed by atoms with Crippen molar-refractivity contribution in [3.63, 3.8) is 0 Å². The number of hydrogen-bond donors (Lipinski definition) is 3. The van der Waals surface area contributed by atoms with E-state index in [1.807, 2.05) is 20.8 Å². The minimum Gasteiger partial charge on any atom is -0.467 e. The summed E-state index contributed by atoms with van der Waals surface area (Å²) in [7, 11) is 0. The molecular formula is C17H23N5O3. The highest BCUT2D eigenvalue weighted by atomic mass is 16.3. The van der Waals surface area contributed by atoms with Crippen molar-refractivity contribution in [2.75, 3.05) is 5.32 Å². The summed E-state index contributed by atoms with van der Waals surface area (Å²) in [5.41, 5.74) is 0.287.